The maximum Gasteiger partial charge on any atom is 0.240 e. The second-order valence-corrected chi connectivity index (χ2v) is 6.60. The highest BCUT2D eigenvalue weighted by Crippen LogP contribution is 2.10. The van der Waals surface area contributed by atoms with E-state index in [0.717, 1.165) is 5.56 Å². The first-order valence-corrected chi connectivity index (χ1v) is 8.16. The summed E-state index contributed by atoms with van der Waals surface area (Å²) in [6.45, 7) is 0.311. The van der Waals surface area contributed by atoms with Crippen molar-refractivity contribution in [2.24, 2.45) is 5.73 Å². The number of nitrogens with two attached hydrogens (primary N) is 1. The van der Waals surface area contributed by atoms with Crippen LogP contribution >= 0.6 is 12.2 Å². The Morgan fingerprint density at radius 1 is 1.24 bits per heavy atom. The Balaban J connectivity index is 2.00. The van der Waals surface area contributed by atoms with Crippen LogP contribution in [0.25, 0.3) is 0 Å². The van der Waals surface area contributed by atoms with Gasteiger partial charge in [0.1, 0.15) is 4.99 Å². The van der Waals surface area contributed by atoms with Crippen molar-refractivity contribution in [1.82, 2.24) is 9.71 Å². The molecule has 0 aliphatic carbocycles. The zero-order valence-corrected chi connectivity index (χ0v) is 12.8. The van der Waals surface area contributed by atoms with E-state index < -0.39 is 10.0 Å². The molecule has 0 unspecified atom stereocenters. The minimum Gasteiger partial charge on any atom is -0.389 e. The quantitative estimate of drug-likeness (QED) is 0.782. The van der Waals surface area contributed by atoms with E-state index in [9.17, 15) is 8.42 Å². The Labute approximate surface area is 129 Å². The largest absolute Gasteiger partial charge is 0.389 e. The number of benzene rings is 1. The molecule has 0 fully saturated rings. The van der Waals surface area contributed by atoms with Crippen molar-refractivity contribution in [2.45, 2.75) is 11.3 Å². The van der Waals surface area contributed by atoms with E-state index in [1.54, 1.807) is 24.5 Å². The number of nitrogens with one attached hydrogen (secondary N) is 1. The molecule has 0 atom stereocenters. The summed E-state index contributed by atoms with van der Waals surface area (Å²) in [6, 6.07) is 9.88. The monoisotopic (exact) mass is 321 g/mol. The minimum atomic E-state index is -3.53. The molecule has 0 radical (unpaired) electrons. The van der Waals surface area contributed by atoms with E-state index in [2.05, 4.69) is 9.71 Å². The van der Waals surface area contributed by atoms with Gasteiger partial charge in [-0.3, -0.25) is 4.98 Å². The lowest BCUT2D eigenvalue weighted by Gasteiger charge is -2.07. The van der Waals surface area contributed by atoms with Crippen LogP contribution in [0.1, 0.15) is 11.1 Å². The summed E-state index contributed by atoms with van der Waals surface area (Å²) in [4.78, 5) is 4.41. The van der Waals surface area contributed by atoms with Crippen LogP contribution in [-0.2, 0) is 16.4 Å². The molecule has 21 heavy (non-hydrogen) atoms. The molecule has 0 bridgehead atoms. The van der Waals surface area contributed by atoms with E-state index in [4.69, 9.17) is 18.0 Å². The summed E-state index contributed by atoms with van der Waals surface area (Å²) in [6.07, 6.45) is 3.97. The number of thiocarbonyl (C=S) groups is 1. The van der Waals surface area contributed by atoms with Gasteiger partial charge in [-0.1, -0.05) is 30.4 Å². The van der Waals surface area contributed by atoms with Crippen LogP contribution in [-0.4, -0.2) is 24.9 Å². The zero-order chi connectivity index (χ0) is 15.3. The first kappa shape index (κ1) is 15.6. The van der Waals surface area contributed by atoms with Crippen LogP contribution in [0.4, 0.5) is 0 Å². The van der Waals surface area contributed by atoms with E-state index in [0.29, 0.717) is 18.5 Å². The summed E-state index contributed by atoms with van der Waals surface area (Å²) >= 11 is 4.83. The van der Waals surface area contributed by atoms with Crippen LogP contribution in [0, 0.1) is 0 Å². The van der Waals surface area contributed by atoms with E-state index in [-0.39, 0.29) is 9.88 Å². The van der Waals surface area contributed by atoms with Gasteiger partial charge >= 0.3 is 0 Å². The van der Waals surface area contributed by atoms with Gasteiger partial charge in [0, 0.05) is 24.5 Å². The number of hydrogen-bond donors (Lipinski definition) is 2. The Hall–Kier alpha value is -1.83. The average molecular weight is 321 g/mol. The van der Waals surface area contributed by atoms with E-state index in [1.807, 2.05) is 12.1 Å². The van der Waals surface area contributed by atoms with Crippen LogP contribution in [0.15, 0.2) is 53.7 Å². The van der Waals surface area contributed by atoms with Gasteiger partial charge in [-0.15, -0.1) is 0 Å². The van der Waals surface area contributed by atoms with Crippen molar-refractivity contribution in [3.8, 4) is 0 Å². The molecule has 0 saturated heterocycles. The lowest BCUT2D eigenvalue weighted by atomic mass is 10.2. The standard InChI is InChI=1S/C14H15N3O2S2/c15-14(20)12-3-5-13(6-4-12)21(18,19)17-9-7-11-2-1-8-16-10-11/h1-6,8,10,17H,7,9H2,(H2,15,20). The molecule has 5 nitrogen and oxygen atoms in total. The molecule has 2 aromatic rings. The lowest BCUT2D eigenvalue weighted by molar-refractivity contribution is 0.581. The molecule has 1 aromatic heterocycles. The van der Waals surface area contributed by atoms with Gasteiger partial charge in [0.25, 0.3) is 0 Å². The number of hydrogen-bond acceptors (Lipinski definition) is 4. The lowest BCUT2D eigenvalue weighted by Crippen LogP contribution is -2.26. The molecule has 0 amide bonds. The fraction of sp³-hybridized carbons (Fsp3) is 0.143. The zero-order valence-electron chi connectivity index (χ0n) is 11.2. The number of pyridine rings is 1. The van der Waals surface area contributed by atoms with E-state index in [1.165, 1.54) is 12.1 Å². The summed E-state index contributed by atoms with van der Waals surface area (Å²) < 4.78 is 26.8. The molecular formula is C14H15N3O2S2. The van der Waals surface area contributed by atoms with E-state index >= 15 is 0 Å². The van der Waals surface area contributed by atoms with Gasteiger partial charge in [-0.2, -0.15) is 0 Å². The van der Waals surface area contributed by atoms with Crippen molar-refractivity contribution >= 4 is 27.2 Å². The van der Waals surface area contributed by atoms with Crippen LogP contribution in [0.5, 0.6) is 0 Å². The fourth-order valence-corrected chi connectivity index (χ4v) is 2.93. The molecule has 3 N–H and O–H groups in total. The maximum absolute atomic E-state index is 12.1. The van der Waals surface area contributed by atoms with Crippen molar-refractivity contribution in [2.75, 3.05) is 6.54 Å². The number of rotatable bonds is 6. The molecular weight excluding hydrogens is 306 g/mol. The molecule has 2 rings (SSSR count). The minimum absolute atomic E-state index is 0.189. The molecule has 0 spiro atoms. The third-order valence-electron chi connectivity index (χ3n) is 2.88. The highest BCUT2D eigenvalue weighted by Gasteiger charge is 2.13. The Bertz CT molecular complexity index is 714. The maximum atomic E-state index is 12.1. The molecule has 7 heteroatoms. The molecule has 0 aliphatic rings. The smallest absolute Gasteiger partial charge is 0.240 e. The average Bonchev–Trinajstić information content (AvgIpc) is 2.48. The van der Waals surface area contributed by atoms with Crippen molar-refractivity contribution in [1.29, 1.82) is 0 Å². The van der Waals surface area contributed by atoms with Crippen LogP contribution in [0.2, 0.25) is 0 Å². The molecule has 1 aromatic carbocycles. The molecule has 0 saturated carbocycles. The molecule has 1 heterocycles. The first-order valence-electron chi connectivity index (χ1n) is 6.27. The van der Waals surface area contributed by atoms with Gasteiger partial charge in [-0.25, -0.2) is 13.1 Å². The predicted octanol–water partition coefficient (Wildman–Crippen LogP) is 1.24. The van der Waals surface area contributed by atoms with Gasteiger partial charge in [0.15, 0.2) is 0 Å². The summed E-state index contributed by atoms with van der Waals surface area (Å²) in [5.41, 5.74) is 7.09. The Morgan fingerprint density at radius 3 is 2.52 bits per heavy atom. The summed E-state index contributed by atoms with van der Waals surface area (Å²) in [7, 11) is -3.53. The fourth-order valence-electron chi connectivity index (χ4n) is 1.76. The van der Waals surface area contributed by atoms with Crippen molar-refractivity contribution in [3.63, 3.8) is 0 Å². The van der Waals surface area contributed by atoms with Crippen molar-refractivity contribution in [3.05, 3.63) is 59.9 Å². The Kier molecular flexibility index (Phi) is 5.00. The Morgan fingerprint density at radius 2 is 1.95 bits per heavy atom. The number of aromatic nitrogens is 1. The predicted molar refractivity (Wildman–Crippen MR) is 85.5 cm³/mol. The van der Waals surface area contributed by atoms with Crippen LogP contribution in [0.3, 0.4) is 0 Å². The summed E-state index contributed by atoms with van der Waals surface area (Å²) in [5.74, 6) is 0. The van der Waals surface area contributed by atoms with Crippen molar-refractivity contribution < 1.29 is 8.42 Å². The van der Waals surface area contributed by atoms with Gasteiger partial charge < -0.3 is 5.73 Å². The topological polar surface area (TPSA) is 85.1 Å². The summed E-state index contributed by atoms with van der Waals surface area (Å²) in [5, 5.41) is 0. The highest BCUT2D eigenvalue weighted by molar-refractivity contribution is 7.89. The van der Waals surface area contributed by atoms with Gasteiger partial charge in [0.2, 0.25) is 10.0 Å². The third kappa shape index (κ3) is 4.32. The molecule has 110 valence electrons. The second-order valence-electron chi connectivity index (χ2n) is 4.40. The third-order valence-corrected chi connectivity index (χ3v) is 4.59. The first-order chi connectivity index (χ1) is 9.99. The normalized spacial score (nSPS) is 11.2. The molecule has 0 aliphatic heterocycles. The SMILES string of the molecule is NC(=S)c1ccc(S(=O)(=O)NCCc2cccnc2)cc1. The number of sulfonamides is 1. The second kappa shape index (κ2) is 6.75. The highest BCUT2D eigenvalue weighted by atomic mass is 32.2. The van der Waals surface area contributed by atoms with Crippen LogP contribution < -0.4 is 10.5 Å². The van der Waals surface area contributed by atoms with Gasteiger partial charge in [-0.05, 0) is 30.2 Å². The van der Waals surface area contributed by atoms with Gasteiger partial charge in [0.05, 0.1) is 4.90 Å². The number of nitrogens with zero attached hydrogens (tertiary/aromatic N) is 1.